The van der Waals surface area contributed by atoms with E-state index < -0.39 is 6.10 Å². The van der Waals surface area contributed by atoms with Crippen LogP contribution in [-0.4, -0.2) is 57.2 Å². The molecule has 1 aliphatic carbocycles. The molecule has 48 heavy (non-hydrogen) atoms. The van der Waals surface area contributed by atoms with Crippen LogP contribution in [0.3, 0.4) is 0 Å². The summed E-state index contributed by atoms with van der Waals surface area (Å²) in [5.74, 6) is 1.69. The predicted octanol–water partition coefficient (Wildman–Crippen LogP) is 9.74. The zero-order valence-electron chi connectivity index (χ0n) is 29.9. The summed E-state index contributed by atoms with van der Waals surface area (Å²) in [7, 11) is 0. The molecule has 0 aliphatic heterocycles. The fraction of sp³-hybridized carbons (Fsp3) is 0.537. The summed E-state index contributed by atoms with van der Waals surface area (Å²) in [6, 6.07) is 12.4. The smallest absolute Gasteiger partial charge is 0.167 e. The van der Waals surface area contributed by atoms with Gasteiger partial charge < -0.3 is 19.7 Å². The van der Waals surface area contributed by atoms with E-state index in [4.69, 9.17) is 24.4 Å². The Morgan fingerprint density at radius 3 is 1.75 bits per heavy atom. The molecule has 0 fully saturated rings. The topological polar surface area (TPSA) is 97.6 Å². The number of aliphatic hydroxyl groups is 2. The quantitative estimate of drug-likeness (QED) is 0.117. The highest BCUT2D eigenvalue weighted by atomic mass is 16.5. The van der Waals surface area contributed by atoms with Crippen LogP contribution in [0.25, 0.3) is 28.3 Å². The number of aliphatic hydroxyl groups excluding tert-OH is 2. The van der Waals surface area contributed by atoms with Gasteiger partial charge in [-0.15, -0.1) is 0 Å². The van der Waals surface area contributed by atoms with Crippen LogP contribution >= 0.6 is 0 Å². The van der Waals surface area contributed by atoms with Crippen LogP contribution in [0.2, 0.25) is 0 Å². The molecule has 260 valence electrons. The largest absolute Gasteiger partial charge is 0.511 e. The second kappa shape index (κ2) is 19.6. The molecule has 1 aromatic heterocycles. The van der Waals surface area contributed by atoms with Crippen LogP contribution in [0.4, 0.5) is 0 Å². The molecule has 0 amide bonds. The van der Waals surface area contributed by atoms with E-state index in [9.17, 15) is 10.2 Å². The monoisotopic (exact) mass is 655 g/mol. The molecule has 4 rings (SSSR count). The first-order valence-corrected chi connectivity index (χ1v) is 18.1. The molecule has 2 unspecified atom stereocenters. The number of nitrogens with zero attached hydrogens (tertiary/aromatic N) is 3. The van der Waals surface area contributed by atoms with Crippen LogP contribution in [0.1, 0.15) is 112 Å². The van der Waals surface area contributed by atoms with E-state index in [-0.39, 0.29) is 31.5 Å². The first-order valence-electron chi connectivity index (χ1n) is 18.1. The summed E-state index contributed by atoms with van der Waals surface area (Å²) < 4.78 is 11.6. The van der Waals surface area contributed by atoms with E-state index >= 15 is 0 Å². The Labute approximate surface area is 288 Å². The number of aromatic nitrogens is 3. The number of unbranched alkanes of at least 4 members (excludes halogenated alkanes) is 10. The Morgan fingerprint density at radius 1 is 0.708 bits per heavy atom. The Balaban J connectivity index is 1.27. The Kier molecular flexibility index (Phi) is 15.3. The molecular formula is C41H57N3O4. The molecule has 0 saturated heterocycles. The van der Waals surface area contributed by atoms with E-state index in [1.165, 1.54) is 75.3 Å². The van der Waals surface area contributed by atoms with Gasteiger partial charge in [0.2, 0.25) is 0 Å². The molecule has 0 bridgehead atoms. The van der Waals surface area contributed by atoms with Crippen LogP contribution in [0, 0.1) is 27.7 Å². The number of aryl methyl sites for hydroxylation is 4. The summed E-state index contributed by atoms with van der Waals surface area (Å²) in [5.41, 5.74) is 6.89. The summed E-state index contributed by atoms with van der Waals surface area (Å²) in [5, 5.41) is 21.6. The molecule has 0 saturated carbocycles. The lowest BCUT2D eigenvalue weighted by atomic mass is 10.0. The van der Waals surface area contributed by atoms with Crippen molar-refractivity contribution >= 4 is 5.57 Å². The van der Waals surface area contributed by atoms with Crippen molar-refractivity contribution in [3.8, 4) is 22.8 Å². The molecule has 2 aromatic carbocycles. The molecule has 0 radical (unpaired) electrons. The van der Waals surface area contributed by atoms with Crippen molar-refractivity contribution in [1.29, 1.82) is 0 Å². The number of rotatable bonds is 20. The van der Waals surface area contributed by atoms with Gasteiger partial charge in [0.1, 0.15) is 11.9 Å². The highest BCUT2D eigenvalue weighted by Crippen LogP contribution is 2.31. The maximum atomic E-state index is 11.2. The number of benzene rings is 2. The Bertz CT molecular complexity index is 1450. The summed E-state index contributed by atoms with van der Waals surface area (Å²) in [4.78, 5) is 14.6. The molecule has 2 atom stereocenters. The number of hydrogen-bond acceptors (Lipinski definition) is 7. The van der Waals surface area contributed by atoms with Crippen LogP contribution in [0.15, 0.2) is 54.3 Å². The highest BCUT2D eigenvalue weighted by molar-refractivity contribution is 5.76. The van der Waals surface area contributed by atoms with Gasteiger partial charge >= 0.3 is 0 Å². The van der Waals surface area contributed by atoms with Crippen molar-refractivity contribution in [2.24, 2.45) is 0 Å². The van der Waals surface area contributed by atoms with E-state index in [2.05, 4.69) is 58.9 Å². The van der Waals surface area contributed by atoms with Crippen molar-refractivity contribution in [2.75, 3.05) is 19.8 Å². The summed E-state index contributed by atoms with van der Waals surface area (Å²) >= 11 is 0. The minimum atomic E-state index is -0.720. The lowest BCUT2D eigenvalue weighted by Gasteiger charge is -2.21. The average molecular weight is 656 g/mol. The fourth-order valence-electron chi connectivity index (χ4n) is 6.22. The third-order valence-corrected chi connectivity index (χ3v) is 9.01. The maximum absolute atomic E-state index is 11.2. The second-order valence-corrected chi connectivity index (χ2v) is 13.5. The van der Waals surface area contributed by atoms with Gasteiger partial charge in [-0.25, -0.2) is 15.0 Å². The van der Waals surface area contributed by atoms with Gasteiger partial charge in [0.05, 0.1) is 24.9 Å². The van der Waals surface area contributed by atoms with Crippen molar-refractivity contribution in [1.82, 2.24) is 15.0 Å². The first-order chi connectivity index (χ1) is 23.2. The number of hydrogen-bond donors (Lipinski definition) is 2. The number of ether oxygens (including phenoxy) is 2. The van der Waals surface area contributed by atoms with Gasteiger partial charge in [-0.1, -0.05) is 125 Å². The molecule has 2 N–H and O–H groups in total. The Hall–Kier alpha value is -3.39. The van der Waals surface area contributed by atoms with E-state index in [0.717, 1.165) is 28.7 Å². The van der Waals surface area contributed by atoms with Crippen molar-refractivity contribution in [3.63, 3.8) is 0 Å². The summed E-state index contributed by atoms with van der Waals surface area (Å²) in [6.45, 7) is 11.5. The summed E-state index contributed by atoms with van der Waals surface area (Å²) in [6.07, 6.45) is 17.1. The third-order valence-electron chi connectivity index (χ3n) is 9.01. The van der Waals surface area contributed by atoms with Gasteiger partial charge in [0.15, 0.2) is 17.5 Å². The van der Waals surface area contributed by atoms with E-state index in [1.807, 2.05) is 24.3 Å². The molecule has 1 heterocycles. The van der Waals surface area contributed by atoms with Gasteiger partial charge in [0, 0.05) is 24.2 Å². The molecule has 1 aliphatic rings. The highest BCUT2D eigenvalue weighted by Gasteiger charge is 2.23. The third kappa shape index (κ3) is 11.6. The second-order valence-electron chi connectivity index (χ2n) is 13.5. The maximum Gasteiger partial charge on any atom is 0.167 e. The minimum absolute atomic E-state index is 0.134. The lowest BCUT2D eigenvalue weighted by molar-refractivity contribution is -0.0352. The van der Waals surface area contributed by atoms with Crippen LogP contribution in [-0.2, 0) is 9.47 Å². The van der Waals surface area contributed by atoms with Crippen molar-refractivity contribution < 1.29 is 19.7 Å². The molecule has 7 heteroatoms. The Morgan fingerprint density at radius 2 is 1.23 bits per heavy atom. The average Bonchev–Trinajstić information content (AvgIpc) is 3.05. The zero-order valence-corrected chi connectivity index (χ0v) is 29.9. The van der Waals surface area contributed by atoms with Gasteiger partial charge in [-0.3, -0.25) is 0 Å². The zero-order chi connectivity index (χ0) is 34.3. The molecular weight excluding hydrogens is 598 g/mol. The van der Waals surface area contributed by atoms with E-state index in [1.54, 1.807) is 0 Å². The fourth-order valence-corrected chi connectivity index (χ4v) is 6.22. The van der Waals surface area contributed by atoms with Crippen molar-refractivity contribution in [2.45, 2.75) is 124 Å². The minimum Gasteiger partial charge on any atom is -0.511 e. The molecule has 3 aromatic rings. The standard InChI is InChI=1S/C41H57N3O4/c1-6-7-8-9-10-11-12-13-14-15-16-23-47-27-33(45)28-48-34-19-22-37(38(46)26-34)41-43-39(35-20-17-29(2)24-31(35)4)42-40(44-41)36-21-18-30(3)25-32(36)5/h17-22,24-25,33-34,45-46H,6-16,23,26-28H2,1-5H3. The van der Waals surface area contributed by atoms with Gasteiger partial charge in [0.25, 0.3) is 0 Å². The first kappa shape index (κ1) is 37.4. The predicted molar refractivity (Wildman–Crippen MR) is 196 cm³/mol. The SMILES string of the molecule is CCCCCCCCCCCCCOCC(O)COC1C=CC(c2nc(-c3ccc(C)cc3C)nc(-c3ccc(C)cc3C)n2)=C(O)C1. The van der Waals surface area contributed by atoms with Gasteiger partial charge in [-0.05, 0) is 51.3 Å². The molecule has 0 spiro atoms. The van der Waals surface area contributed by atoms with Crippen LogP contribution in [0.5, 0.6) is 0 Å². The van der Waals surface area contributed by atoms with Crippen LogP contribution < -0.4 is 0 Å². The van der Waals surface area contributed by atoms with Crippen molar-refractivity contribution in [3.05, 3.63) is 82.4 Å². The number of allylic oxidation sites excluding steroid dienone is 2. The van der Waals surface area contributed by atoms with E-state index in [0.29, 0.717) is 29.7 Å². The lowest BCUT2D eigenvalue weighted by Crippen LogP contribution is -2.26. The normalized spacial score (nSPS) is 15.3. The molecule has 7 nitrogen and oxygen atoms in total. The van der Waals surface area contributed by atoms with Gasteiger partial charge in [-0.2, -0.15) is 0 Å².